The van der Waals surface area contributed by atoms with Gasteiger partial charge in [0, 0.05) is 25.7 Å². The van der Waals surface area contributed by atoms with Crippen molar-refractivity contribution in [3.63, 3.8) is 0 Å². The van der Waals surface area contributed by atoms with Gasteiger partial charge in [-0.25, -0.2) is 0 Å². The van der Waals surface area contributed by atoms with E-state index in [1.807, 2.05) is 4.90 Å². The Morgan fingerprint density at radius 1 is 1.22 bits per heavy atom. The summed E-state index contributed by atoms with van der Waals surface area (Å²) < 4.78 is 5.60. The fraction of sp³-hybridized carbons (Fsp3) is 0.923. The van der Waals surface area contributed by atoms with Crippen LogP contribution >= 0.6 is 12.4 Å². The first-order valence-corrected chi connectivity index (χ1v) is 6.98. The van der Waals surface area contributed by atoms with Crippen LogP contribution in [-0.2, 0) is 9.53 Å². The Labute approximate surface area is 115 Å². The monoisotopic (exact) mass is 274 g/mol. The van der Waals surface area contributed by atoms with E-state index in [1.54, 1.807) is 0 Å². The molecule has 18 heavy (non-hydrogen) atoms. The molecule has 0 aromatic rings. The number of amides is 1. The van der Waals surface area contributed by atoms with Crippen molar-refractivity contribution in [3.05, 3.63) is 0 Å². The lowest BCUT2D eigenvalue weighted by atomic mass is 9.93. The number of ether oxygens (including phenoxy) is 1. The molecule has 1 N–H and O–H groups in total. The summed E-state index contributed by atoms with van der Waals surface area (Å²) in [6.07, 6.45) is 5.36. The summed E-state index contributed by atoms with van der Waals surface area (Å²) >= 11 is 0. The number of carbonyl (C=O) groups is 1. The van der Waals surface area contributed by atoms with Gasteiger partial charge in [-0.2, -0.15) is 0 Å². The summed E-state index contributed by atoms with van der Waals surface area (Å²) in [5.41, 5.74) is 0. The Hall–Kier alpha value is -0.320. The average molecular weight is 275 g/mol. The molecule has 3 aliphatic rings. The minimum absolute atomic E-state index is 0. The van der Waals surface area contributed by atoms with Gasteiger partial charge in [0.15, 0.2) is 0 Å². The third kappa shape index (κ3) is 2.81. The summed E-state index contributed by atoms with van der Waals surface area (Å²) in [6, 6.07) is 0.659. The molecule has 3 aliphatic heterocycles. The van der Waals surface area contributed by atoms with Crippen LogP contribution in [0.25, 0.3) is 0 Å². The van der Waals surface area contributed by atoms with Gasteiger partial charge in [-0.1, -0.05) is 0 Å². The van der Waals surface area contributed by atoms with Crippen molar-refractivity contribution in [3.8, 4) is 0 Å². The molecule has 3 rings (SSSR count). The molecule has 1 amide bonds. The smallest absolute Gasteiger partial charge is 0.251 e. The van der Waals surface area contributed by atoms with E-state index < -0.39 is 0 Å². The zero-order valence-corrected chi connectivity index (χ0v) is 11.6. The second-order valence-electron chi connectivity index (χ2n) is 5.54. The van der Waals surface area contributed by atoms with Gasteiger partial charge in [0.2, 0.25) is 0 Å². The van der Waals surface area contributed by atoms with Crippen LogP contribution in [0.4, 0.5) is 0 Å². The minimum Gasteiger partial charge on any atom is -0.368 e. The summed E-state index contributed by atoms with van der Waals surface area (Å²) in [5, 5.41) is 3.53. The predicted molar refractivity (Wildman–Crippen MR) is 71.9 cm³/mol. The molecule has 0 bridgehead atoms. The molecule has 3 fully saturated rings. The van der Waals surface area contributed by atoms with Gasteiger partial charge in [0.25, 0.3) is 5.91 Å². The molecule has 3 heterocycles. The minimum atomic E-state index is -0.144. The topological polar surface area (TPSA) is 41.6 Å². The lowest BCUT2D eigenvalue weighted by Crippen LogP contribution is -2.50. The Morgan fingerprint density at radius 2 is 2.11 bits per heavy atom. The number of carbonyl (C=O) groups excluding carboxylic acids is 1. The molecule has 0 aromatic heterocycles. The highest BCUT2D eigenvalue weighted by Gasteiger charge is 2.36. The molecular weight excluding hydrogens is 252 g/mol. The van der Waals surface area contributed by atoms with Gasteiger partial charge in [0.05, 0.1) is 0 Å². The van der Waals surface area contributed by atoms with Crippen molar-refractivity contribution < 1.29 is 9.53 Å². The first-order chi connectivity index (χ1) is 8.34. The van der Waals surface area contributed by atoms with Crippen molar-refractivity contribution in [1.29, 1.82) is 0 Å². The van der Waals surface area contributed by atoms with Crippen molar-refractivity contribution in [1.82, 2.24) is 10.2 Å². The van der Waals surface area contributed by atoms with Gasteiger partial charge in [-0.3, -0.25) is 4.79 Å². The predicted octanol–water partition coefficient (Wildman–Crippen LogP) is 1.19. The van der Waals surface area contributed by atoms with E-state index >= 15 is 0 Å². The number of hydrogen-bond donors (Lipinski definition) is 1. The molecule has 3 atom stereocenters. The fourth-order valence-corrected chi connectivity index (χ4v) is 3.39. The summed E-state index contributed by atoms with van der Waals surface area (Å²) in [4.78, 5) is 14.4. The number of piperidine rings is 1. The van der Waals surface area contributed by atoms with Gasteiger partial charge in [0.1, 0.15) is 6.10 Å². The Kier molecular flexibility index (Phi) is 4.87. The summed E-state index contributed by atoms with van der Waals surface area (Å²) in [5.74, 6) is 0.923. The molecular formula is C13H23ClN2O2. The van der Waals surface area contributed by atoms with Crippen LogP contribution in [0.5, 0.6) is 0 Å². The van der Waals surface area contributed by atoms with Crippen LogP contribution in [0.15, 0.2) is 0 Å². The SMILES string of the molecule is Cl.O=C(C1CCCCO1)N1CCC2NCCC2C1. The lowest BCUT2D eigenvalue weighted by Gasteiger charge is -2.37. The quantitative estimate of drug-likeness (QED) is 0.781. The van der Waals surface area contributed by atoms with Gasteiger partial charge < -0.3 is 15.0 Å². The molecule has 104 valence electrons. The molecule has 4 nitrogen and oxygen atoms in total. The Balaban J connectivity index is 0.00000120. The molecule has 0 saturated carbocycles. The number of fused-ring (bicyclic) bond motifs is 1. The molecule has 0 aliphatic carbocycles. The first-order valence-electron chi connectivity index (χ1n) is 6.98. The van der Waals surface area contributed by atoms with Crippen LogP contribution in [0, 0.1) is 5.92 Å². The number of nitrogens with one attached hydrogen (secondary N) is 1. The molecule has 5 heteroatoms. The second-order valence-corrected chi connectivity index (χ2v) is 5.54. The van der Waals surface area contributed by atoms with Gasteiger partial charge in [-0.05, 0) is 44.6 Å². The number of hydrogen-bond acceptors (Lipinski definition) is 3. The Bertz CT molecular complexity index is 295. The van der Waals surface area contributed by atoms with Gasteiger partial charge in [-0.15, -0.1) is 12.4 Å². The molecule has 0 radical (unpaired) electrons. The molecule has 0 spiro atoms. The molecule has 0 aromatic carbocycles. The maximum absolute atomic E-state index is 12.3. The maximum Gasteiger partial charge on any atom is 0.251 e. The van der Waals surface area contributed by atoms with Gasteiger partial charge >= 0.3 is 0 Å². The van der Waals surface area contributed by atoms with E-state index in [-0.39, 0.29) is 24.4 Å². The number of rotatable bonds is 1. The number of nitrogens with zero attached hydrogens (tertiary/aromatic N) is 1. The van der Waals surface area contributed by atoms with Crippen molar-refractivity contribution in [2.45, 2.75) is 44.2 Å². The van der Waals surface area contributed by atoms with E-state index in [4.69, 9.17) is 4.74 Å². The van der Waals surface area contributed by atoms with Crippen molar-refractivity contribution in [2.24, 2.45) is 5.92 Å². The highest BCUT2D eigenvalue weighted by Crippen LogP contribution is 2.26. The maximum atomic E-state index is 12.3. The Morgan fingerprint density at radius 3 is 2.89 bits per heavy atom. The van der Waals surface area contributed by atoms with E-state index in [1.165, 1.54) is 6.42 Å². The summed E-state index contributed by atoms with van der Waals surface area (Å²) in [7, 11) is 0. The zero-order valence-electron chi connectivity index (χ0n) is 10.8. The standard InChI is InChI=1S/C13H22N2O2.ClH/c16-13(12-3-1-2-8-17-12)15-7-5-11-10(9-15)4-6-14-11;/h10-12,14H,1-9H2;1H. The van der Waals surface area contributed by atoms with Crippen LogP contribution < -0.4 is 5.32 Å². The third-order valence-electron chi connectivity index (χ3n) is 4.42. The van der Waals surface area contributed by atoms with Crippen LogP contribution in [0.3, 0.4) is 0 Å². The zero-order chi connectivity index (χ0) is 11.7. The van der Waals surface area contributed by atoms with Crippen LogP contribution in [0.2, 0.25) is 0 Å². The second kappa shape index (κ2) is 6.22. The van der Waals surface area contributed by atoms with Crippen molar-refractivity contribution >= 4 is 18.3 Å². The van der Waals surface area contributed by atoms with Crippen LogP contribution in [-0.4, -0.2) is 49.2 Å². The largest absolute Gasteiger partial charge is 0.368 e. The highest BCUT2D eigenvalue weighted by molar-refractivity contribution is 5.85. The number of likely N-dealkylation sites (tertiary alicyclic amines) is 1. The molecule has 3 saturated heterocycles. The molecule has 3 unspecified atom stereocenters. The van der Waals surface area contributed by atoms with Crippen molar-refractivity contribution in [2.75, 3.05) is 26.2 Å². The number of halogens is 1. The van der Waals surface area contributed by atoms with E-state index in [9.17, 15) is 4.79 Å². The normalized spacial score (nSPS) is 35.8. The first kappa shape index (κ1) is 14.1. The van der Waals surface area contributed by atoms with E-state index in [2.05, 4.69) is 5.32 Å². The fourth-order valence-electron chi connectivity index (χ4n) is 3.39. The third-order valence-corrected chi connectivity index (χ3v) is 4.42. The summed E-state index contributed by atoms with van der Waals surface area (Å²) in [6.45, 7) is 3.73. The van der Waals surface area contributed by atoms with Crippen LogP contribution in [0.1, 0.15) is 32.1 Å². The van der Waals surface area contributed by atoms with E-state index in [0.29, 0.717) is 12.0 Å². The average Bonchev–Trinajstić information content (AvgIpc) is 2.86. The van der Waals surface area contributed by atoms with E-state index in [0.717, 1.165) is 51.9 Å². The highest BCUT2D eigenvalue weighted by atomic mass is 35.5. The lowest BCUT2D eigenvalue weighted by molar-refractivity contribution is -0.148.